The van der Waals surface area contributed by atoms with Crippen LogP contribution in [0.3, 0.4) is 0 Å². The highest BCUT2D eigenvalue weighted by Crippen LogP contribution is 2.14. The minimum atomic E-state index is -0.737. The first-order chi connectivity index (χ1) is 9.75. The van der Waals surface area contributed by atoms with Crippen molar-refractivity contribution in [2.45, 2.75) is 38.6 Å². The Morgan fingerprint density at radius 3 is 2.65 bits per heavy atom. The zero-order valence-corrected chi connectivity index (χ0v) is 11.3. The van der Waals surface area contributed by atoms with Gasteiger partial charge in [0, 0.05) is 11.9 Å². The maximum Gasteiger partial charge on any atom is 0.329 e. The highest BCUT2D eigenvalue weighted by molar-refractivity contribution is 6.35. The fourth-order valence-electron chi connectivity index (χ4n) is 2.01. The van der Waals surface area contributed by atoms with Crippen LogP contribution in [0.1, 0.15) is 37.8 Å². The van der Waals surface area contributed by atoms with Crippen LogP contribution in [0, 0.1) is 0 Å². The van der Waals surface area contributed by atoms with Crippen LogP contribution in [0.4, 0.5) is 0 Å². The number of carbonyl (C=O) groups excluding carboxylic acids is 2. The lowest BCUT2D eigenvalue weighted by Gasteiger charge is -2.11. The second-order valence-corrected chi connectivity index (χ2v) is 4.68. The molecule has 106 valence electrons. The van der Waals surface area contributed by atoms with Crippen molar-refractivity contribution in [1.29, 1.82) is 0 Å². The lowest BCUT2D eigenvalue weighted by Crippen LogP contribution is -2.38. The van der Waals surface area contributed by atoms with E-state index in [4.69, 9.17) is 0 Å². The van der Waals surface area contributed by atoms with Gasteiger partial charge in [-0.05, 0) is 37.8 Å². The average Bonchev–Trinajstić information content (AvgIpc) is 2.52. The van der Waals surface area contributed by atoms with E-state index in [1.54, 1.807) is 18.3 Å². The summed E-state index contributed by atoms with van der Waals surface area (Å²) < 4.78 is 0. The fourth-order valence-corrected chi connectivity index (χ4v) is 2.01. The lowest BCUT2D eigenvalue weighted by molar-refractivity contribution is -0.139. The first-order valence-electron chi connectivity index (χ1n) is 6.79. The minimum Gasteiger partial charge on any atom is -0.342 e. The molecule has 2 N–H and O–H groups in total. The van der Waals surface area contributed by atoms with Gasteiger partial charge in [0.15, 0.2) is 0 Å². The first-order valence-corrected chi connectivity index (χ1v) is 6.79. The number of aromatic nitrogens is 1. The number of amides is 2. The van der Waals surface area contributed by atoms with Gasteiger partial charge in [0.25, 0.3) is 0 Å². The zero-order valence-electron chi connectivity index (χ0n) is 11.3. The van der Waals surface area contributed by atoms with Crippen LogP contribution in [-0.4, -0.2) is 22.5 Å². The topological polar surface area (TPSA) is 83.5 Å². The van der Waals surface area contributed by atoms with Gasteiger partial charge in [-0.1, -0.05) is 12.5 Å². The lowest BCUT2D eigenvalue weighted by atomic mass is 9.99. The highest BCUT2D eigenvalue weighted by Gasteiger charge is 2.13. The van der Waals surface area contributed by atoms with Crippen molar-refractivity contribution in [1.82, 2.24) is 15.7 Å². The van der Waals surface area contributed by atoms with Crippen molar-refractivity contribution in [2.24, 2.45) is 5.10 Å². The van der Waals surface area contributed by atoms with Gasteiger partial charge in [-0.2, -0.15) is 5.10 Å². The van der Waals surface area contributed by atoms with E-state index in [1.165, 1.54) is 6.42 Å². The molecule has 0 radical (unpaired) electrons. The standard InChI is InChI=1S/C14H18N4O2/c19-13(16-10-12-8-4-5-9-15-12)14(20)18-17-11-6-2-1-3-7-11/h4-5,8-9H,1-3,6-7,10H2,(H,16,19)(H,18,20). The summed E-state index contributed by atoms with van der Waals surface area (Å²) in [6, 6.07) is 5.39. The molecule has 6 nitrogen and oxygen atoms in total. The van der Waals surface area contributed by atoms with Crippen LogP contribution in [0.15, 0.2) is 29.5 Å². The van der Waals surface area contributed by atoms with Crippen LogP contribution in [0.5, 0.6) is 0 Å². The van der Waals surface area contributed by atoms with Gasteiger partial charge in [-0.15, -0.1) is 0 Å². The predicted octanol–water partition coefficient (Wildman–Crippen LogP) is 1.13. The van der Waals surface area contributed by atoms with Gasteiger partial charge >= 0.3 is 11.8 Å². The second-order valence-electron chi connectivity index (χ2n) is 4.68. The molecule has 1 aliphatic rings. The maximum atomic E-state index is 11.6. The van der Waals surface area contributed by atoms with E-state index < -0.39 is 11.8 Å². The molecular weight excluding hydrogens is 256 g/mol. The summed E-state index contributed by atoms with van der Waals surface area (Å²) in [6.07, 6.45) is 6.83. The van der Waals surface area contributed by atoms with Crippen LogP contribution < -0.4 is 10.7 Å². The number of hydrazone groups is 1. The average molecular weight is 274 g/mol. The summed E-state index contributed by atoms with van der Waals surface area (Å²) in [6.45, 7) is 0.226. The minimum absolute atomic E-state index is 0.226. The van der Waals surface area contributed by atoms with Crippen molar-refractivity contribution in [3.05, 3.63) is 30.1 Å². The van der Waals surface area contributed by atoms with Crippen LogP contribution in [0.25, 0.3) is 0 Å². The van der Waals surface area contributed by atoms with Crippen molar-refractivity contribution >= 4 is 17.5 Å². The third kappa shape index (κ3) is 4.46. The Kier molecular flexibility index (Phi) is 5.23. The Morgan fingerprint density at radius 2 is 1.95 bits per heavy atom. The van der Waals surface area contributed by atoms with E-state index in [0.717, 1.165) is 31.4 Å². The molecule has 1 fully saturated rings. The van der Waals surface area contributed by atoms with Gasteiger partial charge in [0.2, 0.25) is 0 Å². The molecule has 20 heavy (non-hydrogen) atoms. The second kappa shape index (κ2) is 7.37. The van der Waals surface area contributed by atoms with E-state index in [2.05, 4.69) is 20.8 Å². The summed E-state index contributed by atoms with van der Waals surface area (Å²) in [4.78, 5) is 27.2. The third-order valence-electron chi connectivity index (χ3n) is 3.11. The molecule has 1 aliphatic carbocycles. The van der Waals surface area contributed by atoms with Gasteiger partial charge in [-0.3, -0.25) is 14.6 Å². The van der Waals surface area contributed by atoms with Gasteiger partial charge < -0.3 is 5.32 Å². The van der Waals surface area contributed by atoms with Gasteiger partial charge in [-0.25, -0.2) is 5.43 Å². The molecule has 2 amide bonds. The summed E-state index contributed by atoms with van der Waals surface area (Å²) in [5.74, 6) is -1.44. The summed E-state index contributed by atoms with van der Waals surface area (Å²) in [5.41, 5.74) is 3.97. The SMILES string of the molecule is O=C(NCc1ccccn1)C(=O)NN=C1CCCCC1. The molecular formula is C14H18N4O2. The normalized spacial score (nSPS) is 14.5. The van der Waals surface area contributed by atoms with Crippen LogP contribution >= 0.6 is 0 Å². The Labute approximate surface area is 117 Å². The van der Waals surface area contributed by atoms with E-state index in [9.17, 15) is 9.59 Å². The van der Waals surface area contributed by atoms with Crippen molar-refractivity contribution in [2.75, 3.05) is 0 Å². The molecule has 1 heterocycles. The van der Waals surface area contributed by atoms with Gasteiger partial charge in [0.1, 0.15) is 0 Å². The zero-order chi connectivity index (χ0) is 14.2. The van der Waals surface area contributed by atoms with Crippen LogP contribution in [0.2, 0.25) is 0 Å². The molecule has 0 atom stereocenters. The Bertz CT molecular complexity index is 491. The predicted molar refractivity (Wildman–Crippen MR) is 74.7 cm³/mol. The summed E-state index contributed by atoms with van der Waals surface area (Å²) in [5, 5.41) is 6.50. The Balaban J connectivity index is 1.76. The molecule has 6 heteroatoms. The number of carbonyl (C=O) groups is 2. The molecule has 0 saturated heterocycles. The maximum absolute atomic E-state index is 11.6. The fraction of sp³-hybridized carbons (Fsp3) is 0.429. The molecule has 1 aromatic heterocycles. The van der Waals surface area contributed by atoms with Crippen LogP contribution in [-0.2, 0) is 16.1 Å². The number of pyridine rings is 1. The molecule has 0 spiro atoms. The van der Waals surface area contributed by atoms with Crippen molar-refractivity contribution in [3.8, 4) is 0 Å². The van der Waals surface area contributed by atoms with E-state index in [0.29, 0.717) is 5.69 Å². The van der Waals surface area contributed by atoms with E-state index in [1.807, 2.05) is 6.07 Å². The van der Waals surface area contributed by atoms with E-state index in [-0.39, 0.29) is 6.54 Å². The van der Waals surface area contributed by atoms with Gasteiger partial charge in [0.05, 0.1) is 12.2 Å². The molecule has 0 aromatic carbocycles. The molecule has 0 bridgehead atoms. The summed E-state index contributed by atoms with van der Waals surface area (Å²) in [7, 11) is 0. The first kappa shape index (κ1) is 14.2. The highest BCUT2D eigenvalue weighted by atomic mass is 16.2. The van der Waals surface area contributed by atoms with Crippen molar-refractivity contribution < 1.29 is 9.59 Å². The monoisotopic (exact) mass is 274 g/mol. The third-order valence-corrected chi connectivity index (χ3v) is 3.11. The number of nitrogens with zero attached hydrogens (tertiary/aromatic N) is 2. The molecule has 0 unspecified atom stereocenters. The van der Waals surface area contributed by atoms with E-state index >= 15 is 0 Å². The Morgan fingerprint density at radius 1 is 1.15 bits per heavy atom. The Hall–Kier alpha value is -2.24. The largest absolute Gasteiger partial charge is 0.342 e. The molecule has 1 saturated carbocycles. The van der Waals surface area contributed by atoms with Crippen molar-refractivity contribution in [3.63, 3.8) is 0 Å². The smallest absolute Gasteiger partial charge is 0.329 e. The molecule has 0 aliphatic heterocycles. The summed E-state index contributed by atoms with van der Waals surface area (Å²) >= 11 is 0. The molecule has 1 aromatic rings. The number of rotatable bonds is 3. The molecule has 2 rings (SSSR count). The quantitative estimate of drug-likeness (QED) is 0.640. The number of nitrogens with one attached hydrogen (secondary N) is 2. The number of hydrogen-bond acceptors (Lipinski definition) is 4. The number of hydrogen-bond donors (Lipinski definition) is 2.